The molecule has 0 bridgehead atoms. The topological polar surface area (TPSA) is 214 Å². The molecule has 0 radical (unpaired) electrons. The van der Waals surface area contributed by atoms with Crippen molar-refractivity contribution in [2.45, 2.75) is 61.4 Å². The van der Waals surface area contributed by atoms with Crippen molar-refractivity contribution in [1.82, 2.24) is 0 Å². The molecule has 14 heteroatoms. The zero-order chi connectivity index (χ0) is 24.9. The summed E-state index contributed by atoms with van der Waals surface area (Å²) in [7, 11) is 2.38. The Morgan fingerprint density at radius 3 is 2.24 bits per heavy atom. The fourth-order valence-corrected chi connectivity index (χ4v) is 4.26. The first-order chi connectivity index (χ1) is 16.1. The summed E-state index contributed by atoms with van der Waals surface area (Å²) in [6.07, 6.45) is -15.0. The van der Waals surface area contributed by atoms with Gasteiger partial charge in [0.25, 0.3) is 0 Å². The van der Waals surface area contributed by atoms with E-state index in [1.54, 1.807) is 0 Å². The Balaban J connectivity index is 1.73. The standard InChI is InChI=1S/C20H26O14/c1-29-15-6(32-20-14(27)11(24)13(26)19(30-2)34-20)3-5-8(10(15)23)16-17(33-18(5)28)12(25)9(22)7(4-21)31-16/h3,7,9,11-14,16-17,19-27H,4H2,1-2H3. The Bertz CT molecular complexity index is 921. The molecule has 2 saturated heterocycles. The molecule has 2 fully saturated rings. The first kappa shape index (κ1) is 24.8. The minimum Gasteiger partial charge on any atom is -0.504 e. The zero-order valence-electron chi connectivity index (χ0n) is 18.0. The quantitative estimate of drug-likeness (QED) is 0.204. The van der Waals surface area contributed by atoms with Crippen LogP contribution in [0.15, 0.2) is 6.07 Å². The maximum absolute atomic E-state index is 12.7. The van der Waals surface area contributed by atoms with Crippen molar-refractivity contribution in [3.8, 4) is 17.2 Å². The van der Waals surface area contributed by atoms with Gasteiger partial charge in [0.05, 0.1) is 19.3 Å². The minimum absolute atomic E-state index is 0.134. The van der Waals surface area contributed by atoms with E-state index < -0.39 is 79.7 Å². The van der Waals surface area contributed by atoms with Gasteiger partial charge in [-0.25, -0.2) is 4.79 Å². The molecule has 0 aromatic heterocycles. The number of methoxy groups -OCH3 is 2. The highest BCUT2D eigenvalue weighted by Crippen LogP contribution is 2.50. The highest BCUT2D eigenvalue weighted by atomic mass is 16.8. The van der Waals surface area contributed by atoms with Gasteiger partial charge in [0.2, 0.25) is 12.0 Å². The molecular formula is C20H26O14. The summed E-state index contributed by atoms with van der Waals surface area (Å²) in [4.78, 5) is 12.7. The van der Waals surface area contributed by atoms with E-state index in [9.17, 15) is 40.5 Å². The van der Waals surface area contributed by atoms with Crippen LogP contribution in [0.4, 0.5) is 0 Å². The molecule has 0 saturated carbocycles. The third kappa shape index (κ3) is 3.86. The van der Waals surface area contributed by atoms with Gasteiger partial charge >= 0.3 is 5.97 Å². The lowest BCUT2D eigenvalue weighted by Crippen LogP contribution is -2.59. The highest BCUT2D eigenvalue weighted by molar-refractivity contribution is 5.95. The number of esters is 1. The molecule has 1 aromatic rings. The molecule has 10 unspecified atom stereocenters. The number of benzene rings is 1. The number of phenols is 1. The number of aromatic hydroxyl groups is 1. The van der Waals surface area contributed by atoms with Gasteiger partial charge in [0.1, 0.15) is 42.7 Å². The van der Waals surface area contributed by atoms with Gasteiger partial charge in [-0.2, -0.15) is 0 Å². The Morgan fingerprint density at radius 1 is 0.941 bits per heavy atom. The predicted molar refractivity (Wildman–Crippen MR) is 105 cm³/mol. The van der Waals surface area contributed by atoms with E-state index in [-0.39, 0.29) is 22.6 Å². The van der Waals surface area contributed by atoms with Crippen molar-refractivity contribution in [2.75, 3.05) is 20.8 Å². The number of fused-ring (bicyclic) bond motifs is 3. The zero-order valence-corrected chi connectivity index (χ0v) is 18.0. The fourth-order valence-electron chi connectivity index (χ4n) is 4.26. The molecule has 3 aliphatic heterocycles. The van der Waals surface area contributed by atoms with Gasteiger partial charge < -0.3 is 64.2 Å². The molecule has 0 amide bonds. The fraction of sp³-hybridized carbons (Fsp3) is 0.650. The van der Waals surface area contributed by atoms with Crippen LogP contribution in [0, 0.1) is 0 Å². The van der Waals surface area contributed by atoms with E-state index in [0.717, 1.165) is 6.07 Å². The average molecular weight is 490 g/mol. The van der Waals surface area contributed by atoms with E-state index in [2.05, 4.69) is 0 Å². The Hall–Kier alpha value is -2.27. The number of rotatable bonds is 5. The van der Waals surface area contributed by atoms with Crippen LogP contribution < -0.4 is 9.47 Å². The molecular weight excluding hydrogens is 464 g/mol. The van der Waals surface area contributed by atoms with Crippen LogP contribution >= 0.6 is 0 Å². The number of phenolic OH excluding ortho intramolecular Hbond substituents is 1. The van der Waals surface area contributed by atoms with Crippen molar-refractivity contribution in [3.05, 3.63) is 17.2 Å². The van der Waals surface area contributed by atoms with E-state index in [1.165, 1.54) is 14.2 Å². The summed E-state index contributed by atoms with van der Waals surface area (Å²) >= 11 is 0. The molecule has 1 aromatic carbocycles. The smallest absolute Gasteiger partial charge is 0.339 e. The number of aliphatic hydroxyl groups excluding tert-OH is 6. The number of aliphatic hydroxyl groups is 6. The number of ether oxygens (including phenoxy) is 6. The average Bonchev–Trinajstić information content (AvgIpc) is 2.82. The Kier molecular flexibility index (Phi) is 6.87. The molecule has 3 heterocycles. The molecule has 14 nitrogen and oxygen atoms in total. The van der Waals surface area contributed by atoms with Crippen LogP contribution in [-0.2, 0) is 18.9 Å². The molecule has 0 spiro atoms. The Morgan fingerprint density at radius 2 is 1.62 bits per heavy atom. The van der Waals surface area contributed by atoms with Gasteiger partial charge in [0, 0.05) is 12.7 Å². The van der Waals surface area contributed by atoms with E-state index in [4.69, 9.17) is 28.4 Å². The summed E-state index contributed by atoms with van der Waals surface area (Å²) in [5, 5.41) is 71.1. The van der Waals surface area contributed by atoms with Crippen LogP contribution in [0.2, 0.25) is 0 Å². The van der Waals surface area contributed by atoms with Crippen LogP contribution in [-0.4, -0.2) is 118 Å². The van der Waals surface area contributed by atoms with Gasteiger partial charge in [-0.05, 0) is 6.07 Å². The van der Waals surface area contributed by atoms with Crippen LogP contribution in [0.1, 0.15) is 22.0 Å². The largest absolute Gasteiger partial charge is 0.504 e. The normalized spacial score (nSPS) is 39.6. The third-order valence-electron chi connectivity index (χ3n) is 6.08. The molecule has 7 N–H and O–H groups in total. The molecule has 10 atom stereocenters. The lowest BCUT2D eigenvalue weighted by molar-refractivity contribution is -0.327. The molecule has 4 rings (SSSR count). The maximum Gasteiger partial charge on any atom is 0.339 e. The number of carbonyl (C=O) groups excluding carboxylic acids is 1. The molecule has 3 aliphatic rings. The summed E-state index contributed by atoms with van der Waals surface area (Å²) in [5.41, 5.74) is -0.380. The van der Waals surface area contributed by atoms with Gasteiger partial charge in [0.15, 0.2) is 23.9 Å². The first-order valence-corrected chi connectivity index (χ1v) is 10.3. The Labute approximate surface area is 192 Å². The molecule has 190 valence electrons. The predicted octanol–water partition coefficient (Wildman–Crippen LogP) is -3.12. The molecule has 0 aliphatic carbocycles. The van der Waals surface area contributed by atoms with Crippen molar-refractivity contribution < 1.29 is 69.0 Å². The van der Waals surface area contributed by atoms with Crippen molar-refractivity contribution in [3.63, 3.8) is 0 Å². The third-order valence-corrected chi connectivity index (χ3v) is 6.08. The molecule has 34 heavy (non-hydrogen) atoms. The number of carbonyl (C=O) groups is 1. The van der Waals surface area contributed by atoms with Crippen LogP contribution in [0.3, 0.4) is 0 Å². The number of hydrogen-bond donors (Lipinski definition) is 7. The van der Waals surface area contributed by atoms with Gasteiger partial charge in [-0.3, -0.25) is 0 Å². The summed E-state index contributed by atoms with van der Waals surface area (Å²) in [6.45, 7) is -0.657. The van der Waals surface area contributed by atoms with Crippen LogP contribution in [0.5, 0.6) is 17.2 Å². The summed E-state index contributed by atoms with van der Waals surface area (Å²) < 4.78 is 31.8. The van der Waals surface area contributed by atoms with Crippen molar-refractivity contribution >= 4 is 5.97 Å². The highest BCUT2D eigenvalue weighted by Gasteiger charge is 2.52. The van der Waals surface area contributed by atoms with E-state index >= 15 is 0 Å². The van der Waals surface area contributed by atoms with Gasteiger partial charge in [-0.1, -0.05) is 0 Å². The number of hydrogen-bond acceptors (Lipinski definition) is 14. The second-order valence-electron chi connectivity index (χ2n) is 8.04. The minimum atomic E-state index is -1.75. The maximum atomic E-state index is 12.7. The van der Waals surface area contributed by atoms with Crippen molar-refractivity contribution in [2.24, 2.45) is 0 Å². The van der Waals surface area contributed by atoms with Crippen LogP contribution in [0.25, 0.3) is 0 Å². The second-order valence-corrected chi connectivity index (χ2v) is 8.04. The SMILES string of the molecule is COc1c(OC2OC(OC)C(O)C(O)C2O)cc2c(c1O)C1OC(CO)C(O)C(O)C1OC2=O. The summed E-state index contributed by atoms with van der Waals surface area (Å²) in [6, 6.07) is 1.11. The lowest BCUT2D eigenvalue weighted by atomic mass is 9.86. The second kappa shape index (κ2) is 9.41. The first-order valence-electron chi connectivity index (χ1n) is 10.3. The van der Waals surface area contributed by atoms with E-state index in [0.29, 0.717) is 0 Å². The lowest BCUT2D eigenvalue weighted by Gasteiger charge is -2.44. The monoisotopic (exact) mass is 490 g/mol. The summed E-state index contributed by atoms with van der Waals surface area (Å²) in [5.74, 6) is -2.24. The van der Waals surface area contributed by atoms with Gasteiger partial charge in [-0.15, -0.1) is 0 Å². The van der Waals surface area contributed by atoms with Crippen molar-refractivity contribution in [1.29, 1.82) is 0 Å². The van der Waals surface area contributed by atoms with E-state index in [1.807, 2.05) is 0 Å².